The van der Waals surface area contributed by atoms with E-state index in [2.05, 4.69) is 4.72 Å². The largest absolute Gasteiger partial charge is 0.509 e. The van der Waals surface area contributed by atoms with Gasteiger partial charge in [-0.15, -0.1) is 0 Å². The van der Waals surface area contributed by atoms with E-state index in [0.717, 1.165) is 0 Å². The molecule has 0 unspecified atom stereocenters. The molecule has 146 valence electrons. The van der Waals surface area contributed by atoms with Crippen molar-refractivity contribution >= 4 is 23.1 Å². The highest BCUT2D eigenvalue weighted by molar-refractivity contribution is 7.84. The lowest BCUT2D eigenvalue weighted by molar-refractivity contribution is -0.151. The van der Waals surface area contributed by atoms with E-state index in [-0.39, 0.29) is 0 Å². The Hall–Kier alpha value is -1.93. The Morgan fingerprint density at radius 1 is 1.08 bits per heavy atom. The monoisotopic (exact) mass is 385 g/mol. The lowest BCUT2D eigenvalue weighted by Gasteiger charge is -2.29. The Labute approximate surface area is 156 Å². The molecule has 3 atom stereocenters. The summed E-state index contributed by atoms with van der Waals surface area (Å²) in [4.78, 5) is 23.8. The molecule has 26 heavy (non-hydrogen) atoms. The van der Waals surface area contributed by atoms with E-state index in [1.165, 1.54) is 0 Å². The van der Waals surface area contributed by atoms with Crippen LogP contribution in [-0.2, 0) is 25.3 Å². The maximum absolute atomic E-state index is 12.5. The number of rotatable bonds is 6. The van der Waals surface area contributed by atoms with Gasteiger partial charge in [0.2, 0.25) is 6.10 Å². The quantitative estimate of drug-likeness (QED) is 0.729. The fraction of sp³-hybridized carbons (Fsp3) is 0.556. The molecule has 0 saturated heterocycles. The Morgan fingerprint density at radius 2 is 1.62 bits per heavy atom. The number of carbonyl (C=O) groups is 2. The van der Waals surface area contributed by atoms with Gasteiger partial charge in [0.1, 0.15) is 5.60 Å². The number of aliphatic carboxylic acids is 1. The van der Waals surface area contributed by atoms with E-state index in [1.54, 1.807) is 71.9 Å². The van der Waals surface area contributed by atoms with Gasteiger partial charge >= 0.3 is 12.1 Å². The lowest BCUT2D eigenvalue weighted by atomic mass is 10.0. The second-order valence-corrected chi connectivity index (χ2v) is 9.73. The van der Waals surface area contributed by atoms with Crippen molar-refractivity contribution in [1.82, 2.24) is 4.72 Å². The van der Waals surface area contributed by atoms with Crippen molar-refractivity contribution in [1.29, 1.82) is 0 Å². The Balaban J connectivity index is 3.16. The van der Waals surface area contributed by atoms with Crippen molar-refractivity contribution in [2.75, 3.05) is 0 Å². The molecule has 0 fully saturated rings. The number of carboxylic acids is 1. The van der Waals surface area contributed by atoms with Crippen LogP contribution >= 0.6 is 0 Å². The summed E-state index contributed by atoms with van der Waals surface area (Å²) in [7, 11) is -1.58. The summed E-state index contributed by atoms with van der Waals surface area (Å²) < 4.78 is 24.8. The summed E-state index contributed by atoms with van der Waals surface area (Å²) in [5.41, 5.74) is -0.301. The van der Waals surface area contributed by atoms with Gasteiger partial charge in [-0.1, -0.05) is 30.3 Å². The van der Waals surface area contributed by atoms with Crippen LogP contribution in [0, 0.1) is 0 Å². The van der Waals surface area contributed by atoms with E-state index in [1.807, 2.05) is 0 Å². The summed E-state index contributed by atoms with van der Waals surface area (Å²) in [6, 6.07) is 7.54. The molecule has 0 amide bonds. The molecule has 0 saturated carbocycles. The lowest BCUT2D eigenvalue weighted by Crippen LogP contribution is -2.45. The SMILES string of the molecule is CC(C)(C)OC(=O)O[C@@H](C(=O)O)[C@@H](N[S@](=O)C(C)(C)C)c1ccccc1. The van der Waals surface area contributed by atoms with Crippen LogP contribution in [0.1, 0.15) is 53.1 Å². The molecule has 1 aromatic rings. The zero-order valence-corrected chi connectivity index (χ0v) is 16.8. The van der Waals surface area contributed by atoms with Crippen LogP contribution < -0.4 is 4.72 Å². The van der Waals surface area contributed by atoms with Crippen LogP contribution in [0.3, 0.4) is 0 Å². The second kappa shape index (κ2) is 8.64. The fourth-order valence-corrected chi connectivity index (χ4v) is 2.74. The van der Waals surface area contributed by atoms with Gasteiger partial charge in [0.25, 0.3) is 0 Å². The standard InChI is InChI=1S/C18H27NO6S/c1-17(2,3)25-16(22)24-14(15(20)21)13(12-10-8-7-9-11-12)19-26(23)18(4,5)6/h7-11,13-14,19H,1-6H3,(H,20,21)/t13-,14+,26+/m0/s1. The van der Waals surface area contributed by atoms with Gasteiger partial charge in [0, 0.05) is 0 Å². The summed E-state index contributed by atoms with van der Waals surface area (Å²) in [5, 5.41) is 9.60. The molecular formula is C18H27NO6S. The molecule has 0 bridgehead atoms. The first-order chi connectivity index (χ1) is 11.8. The topological polar surface area (TPSA) is 102 Å². The van der Waals surface area contributed by atoms with E-state index in [4.69, 9.17) is 9.47 Å². The Kier molecular flexibility index (Phi) is 7.35. The van der Waals surface area contributed by atoms with Crippen LogP contribution in [0.2, 0.25) is 0 Å². The van der Waals surface area contributed by atoms with Gasteiger partial charge in [-0.05, 0) is 47.1 Å². The van der Waals surface area contributed by atoms with Gasteiger partial charge in [-0.25, -0.2) is 18.5 Å². The third-order valence-corrected chi connectivity index (χ3v) is 4.69. The van der Waals surface area contributed by atoms with Gasteiger partial charge in [0.15, 0.2) is 0 Å². The van der Waals surface area contributed by atoms with Crippen LogP contribution in [0.15, 0.2) is 30.3 Å². The van der Waals surface area contributed by atoms with Crippen molar-refractivity contribution < 1.29 is 28.4 Å². The first kappa shape index (κ1) is 22.1. The average molecular weight is 385 g/mol. The maximum Gasteiger partial charge on any atom is 0.509 e. The van der Waals surface area contributed by atoms with Crippen LogP contribution in [0.5, 0.6) is 0 Å². The zero-order valence-electron chi connectivity index (χ0n) is 15.9. The Morgan fingerprint density at radius 3 is 2.04 bits per heavy atom. The number of carbonyl (C=O) groups excluding carboxylic acids is 1. The van der Waals surface area contributed by atoms with E-state index >= 15 is 0 Å². The van der Waals surface area contributed by atoms with Crippen LogP contribution in [0.4, 0.5) is 4.79 Å². The number of benzene rings is 1. The minimum atomic E-state index is -1.61. The van der Waals surface area contributed by atoms with Crippen LogP contribution in [-0.4, -0.2) is 37.9 Å². The molecule has 0 aliphatic rings. The summed E-state index contributed by atoms with van der Waals surface area (Å²) in [6.07, 6.45) is -2.72. The highest BCUT2D eigenvalue weighted by Crippen LogP contribution is 2.24. The molecule has 0 aliphatic heterocycles. The molecule has 2 N–H and O–H groups in total. The molecular weight excluding hydrogens is 358 g/mol. The number of hydrogen-bond acceptors (Lipinski definition) is 5. The summed E-state index contributed by atoms with van der Waals surface area (Å²) in [6.45, 7) is 10.2. The minimum Gasteiger partial charge on any atom is -0.478 e. The van der Waals surface area contributed by atoms with Crippen molar-refractivity contribution in [2.45, 2.75) is 64.0 Å². The van der Waals surface area contributed by atoms with Crippen molar-refractivity contribution in [3.05, 3.63) is 35.9 Å². The molecule has 0 aliphatic carbocycles. The van der Waals surface area contributed by atoms with Gasteiger partial charge in [-0.2, -0.15) is 0 Å². The van der Waals surface area contributed by atoms with Crippen molar-refractivity contribution in [2.24, 2.45) is 0 Å². The molecule has 0 heterocycles. The number of nitrogens with one attached hydrogen (secondary N) is 1. The van der Waals surface area contributed by atoms with Crippen LogP contribution in [0.25, 0.3) is 0 Å². The van der Waals surface area contributed by atoms with E-state index in [9.17, 15) is 18.9 Å². The third kappa shape index (κ3) is 7.13. The minimum absolute atomic E-state index is 0.529. The summed E-state index contributed by atoms with van der Waals surface area (Å²) in [5.74, 6) is -1.37. The predicted molar refractivity (Wildman–Crippen MR) is 99.0 cm³/mol. The molecule has 0 spiro atoms. The highest BCUT2D eigenvalue weighted by Gasteiger charge is 2.37. The maximum atomic E-state index is 12.5. The van der Waals surface area contributed by atoms with Crippen molar-refractivity contribution in [3.63, 3.8) is 0 Å². The molecule has 0 radical (unpaired) electrons. The van der Waals surface area contributed by atoms with E-state index in [0.29, 0.717) is 5.56 Å². The first-order valence-corrected chi connectivity index (χ1v) is 9.31. The average Bonchev–Trinajstić information content (AvgIpc) is 2.48. The number of carboxylic acid groups (broad SMARTS) is 1. The van der Waals surface area contributed by atoms with E-state index < -0.39 is 45.6 Å². The molecule has 1 rings (SSSR count). The number of hydrogen-bond donors (Lipinski definition) is 2. The Bertz CT molecular complexity index is 648. The highest BCUT2D eigenvalue weighted by atomic mass is 32.2. The van der Waals surface area contributed by atoms with Gasteiger partial charge in [0.05, 0.1) is 21.8 Å². The van der Waals surface area contributed by atoms with Crippen molar-refractivity contribution in [3.8, 4) is 0 Å². The predicted octanol–water partition coefficient (Wildman–Crippen LogP) is 3.18. The van der Waals surface area contributed by atoms with Gasteiger partial charge < -0.3 is 14.6 Å². The molecule has 0 aromatic heterocycles. The third-order valence-electron chi connectivity index (χ3n) is 3.11. The van der Waals surface area contributed by atoms with Gasteiger partial charge in [-0.3, -0.25) is 0 Å². The first-order valence-electron chi connectivity index (χ1n) is 8.16. The molecule has 8 heteroatoms. The molecule has 7 nitrogen and oxygen atoms in total. The zero-order chi connectivity index (χ0) is 20.1. The smallest absolute Gasteiger partial charge is 0.478 e. The second-order valence-electron chi connectivity index (χ2n) is 7.73. The normalized spacial score (nSPS) is 15.6. The molecule has 1 aromatic carbocycles. The number of ether oxygens (including phenoxy) is 2. The summed E-state index contributed by atoms with van der Waals surface area (Å²) >= 11 is 0. The fourth-order valence-electron chi connectivity index (χ4n) is 1.90.